The Balaban J connectivity index is 2.07. The molecule has 0 aromatic heterocycles. The lowest BCUT2D eigenvalue weighted by Gasteiger charge is -2.33. The Morgan fingerprint density at radius 3 is 1.98 bits per heavy atom. The van der Waals surface area contributed by atoms with E-state index in [0.717, 1.165) is 21.0 Å². The van der Waals surface area contributed by atoms with Gasteiger partial charge in [0.2, 0.25) is 11.8 Å². The number of nitrogens with zero attached hydrogens (tertiary/aromatic N) is 2. The zero-order valence-electron chi connectivity index (χ0n) is 25.6. The minimum absolute atomic E-state index is 0.0835. The summed E-state index contributed by atoms with van der Waals surface area (Å²) in [6, 6.07) is 20.1. The summed E-state index contributed by atoms with van der Waals surface area (Å²) in [6.45, 7) is 11.2. The van der Waals surface area contributed by atoms with Gasteiger partial charge in [0, 0.05) is 12.6 Å². The number of anilines is 1. The molecule has 2 amide bonds. The van der Waals surface area contributed by atoms with Crippen molar-refractivity contribution in [3.8, 4) is 5.75 Å². The van der Waals surface area contributed by atoms with E-state index in [1.807, 2.05) is 52.0 Å². The number of carbonyl (C=O) groups is 2. The van der Waals surface area contributed by atoms with Gasteiger partial charge in [-0.3, -0.25) is 13.9 Å². The fourth-order valence-electron chi connectivity index (χ4n) is 4.62. The second kappa shape index (κ2) is 14.4. The van der Waals surface area contributed by atoms with E-state index in [2.05, 4.69) is 19.2 Å². The summed E-state index contributed by atoms with van der Waals surface area (Å²) in [5.41, 5.74) is 3.13. The molecular formula is C33H43N3O5S. The summed E-state index contributed by atoms with van der Waals surface area (Å²) in [6.07, 6.45) is 0.355. The van der Waals surface area contributed by atoms with Crippen molar-refractivity contribution in [2.24, 2.45) is 0 Å². The first-order valence-corrected chi connectivity index (χ1v) is 15.7. The van der Waals surface area contributed by atoms with Crippen LogP contribution in [0.2, 0.25) is 0 Å². The summed E-state index contributed by atoms with van der Waals surface area (Å²) >= 11 is 0. The Labute approximate surface area is 250 Å². The molecule has 226 valence electrons. The van der Waals surface area contributed by atoms with Crippen LogP contribution in [0.3, 0.4) is 0 Å². The molecule has 0 unspecified atom stereocenters. The number of hydrogen-bond acceptors (Lipinski definition) is 5. The fourth-order valence-corrected chi connectivity index (χ4v) is 6.03. The maximum atomic E-state index is 14.2. The first-order chi connectivity index (χ1) is 19.9. The monoisotopic (exact) mass is 593 g/mol. The highest BCUT2D eigenvalue weighted by Gasteiger charge is 2.34. The molecule has 0 saturated carbocycles. The topological polar surface area (TPSA) is 96.0 Å². The number of carbonyl (C=O) groups excluding carboxylic acids is 2. The Hall–Kier alpha value is -3.85. The van der Waals surface area contributed by atoms with Crippen molar-refractivity contribution in [1.29, 1.82) is 0 Å². The van der Waals surface area contributed by atoms with Crippen LogP contribution in [0.25, 0.3) is 0 Å². The molecule has 0 heterocycles. The Kier molecular flexibility index (Phi) is 11.2. The second-order valence-corrected chi connectivity index (χ2v) is 12.9. The highest BCUT2D eigenvalue weighted by atomic mass is 32.2. The highest BCUT2D eigenvalue weighted by Crippen LogP contribution is 2.27. The third kappa shape index (κ3) is 8.12. The third-order valence-corrected chi connectivity index (χ3v) is 8.85. The molecule has 0 bridgehead atoms. The summed E-state index contributed by atoms with van der Waals surface area (Å²) in [5, 5.41) is 2.91. The van der Waals surface area contributed by atoms with Crippen LogP contribution in [-0.2, 0) is 26.2 Å². The van der Waals surface area contributed by atoms with Crippen molar-refractivity contribution >= 4 is 27.5 Å². The first kappa shape index (κ1) is 32.7. The molecule has 1 N–H and O–H groups in total. The average molecular weight is 594 g/mol. The molecule has 3 aromatic carbocycles. The van der Waals surface area contributed by atoms with Gasteiger partial charge < -0.3 is 15.0 Å². The molecule has 3 rings (SSSR count). The average Bonchev–Trinajstić information content (AvgIpc) is 2.95. The highest BCUT2D eigenvalue weighted by molar-refractivity contribution is 7.92. The van der Waals surface area contributed by atoms with E-state index in [9.17, 15) is 18.0 Å². The minimum atomic E-state index is -4.12. The van der Waals surface area contributed by atoms with E-state index in [4.69, 9.17) is 4.74 Å². The molecule has 0 fully saturated rings. The Morgan fingerprint density at radius 1 is 0.881 bits per heavy atom. The fraction of sp³-hybridized carbons (Fsp3) is 0.394. The number of rotatable bonds is 13. The molecule has 8 nitrogen and oxygen atoms in total. The second-order valence-electron chi connectivity index (χ2n) is 11.0. The predicted octanol–water partition coefficient (Wildman–Crippen LogP) is 5.65. The standard InChI is InChI=1S/C33H43N3O5S/c1-8-31(33(38)34-24(4)5)35(21-26-11-17-29(41-7)18-12-26)32(37)22-36(28-15-13-27(14-16-28)23(2)3)42(39,40)30-19-9-25(6)10-20-30/h9-20,23-24,31H,8,21-22H2,1-7H3,(H,34,38)/t31-/m0/s1. The summed E-state index contributed by atoms with van der Waals surface area (Å²) in [5.74, 6) is 0.151. The number of nitrogens with one attached hydrogen (secondary N) is 1. The summed E-state index contributed by atoms with van der Waals surface area (Å²) < 4.78 is 34.5. The lowest BCUT2D eigenvalue weighted by molar-refractivity contribution is -0.140. The van der Waals surface area contributed by atoms with Crippen LogP contribution in [0.1, 0.15) is 63.6 Å². The molecule has 0 spiro atoms. The van der Waals surface area contributed by atoms with Gasteiger partial charge in [0.05, 0.1) is 17.7 Å². The zero-order chi connectivity index (χ0) is 31.0. The third-order valence-electron chi connectivity index (χ3n) is 7.06. The van der Waals surface area contributed by atoms with Gasteiger partial charge in [0.15, 0.2) is 0 Å². The smallest absolute Gasteiger partial charge is 0.264 e. The molecule has 42 heavy (non-hydrogen) atoms. The first-order valence-electron chi connectivity index (χ1n) is 14.3. The van der Waals surface area contributed by atoms with Crippen LogP contribution in [0.15, 0.2) is 77.7 Å². The molecule has 0 saturated heterocycles. The van der Waals surface area contributed by atoms with Crippen molar-refractivity contribution in [3.05, 3.63) is 89.5 Å². The number of aryl methyl sites for hydroxylation is 1. The number of ether oxygens (including phenoxy) is 1. The lowest BCUT2D eigenvalue weighted by atomic mass is 10.0. The summed E-state index contributed by atoms with van der Waals surface area (Å²) in [4.78, 5) is 29.0. The summed E-state index contributed by atoms with van der Waals surface area (Å²) in [7, 11) is -2.54. The van der Waals surface area contributed by atoms with Crippen LogP contribution in [0.5, 0.6) is 5.75 Å². The van der Waals surface area contributed by atoms with Crippen LogP contribution in [-0.4, -0.2) is 50.9 Å². The normalized spacial score (nSPS) is 12.2. The SMILES string of the molecule is CC[C@@H](C(=O)NC(C)C)N(Cc1ccc(OC)cc1)C(=O)CN(c1ccc(C(C)C)cc1)S(=O)(=O)c1ccc(C)cc1. The molecular weight excluding hydrogens is 550 g/mol. The Morgan fingerprint density at radius 2 is 1.48 bits per heavy atom. The number of amides is 2. The van der Waals surface area contributed by atoms with Gasteiger partial charge in [-0.25, -0.2) is 8.42 Å². The molecule has 0 aliphatic heterocycles. The zero-order valence-corrected chi connectivity index (χ0v) is 26.4. The van der Waals surface area contributed by atoms with Crippen molar-refractivity contribution in [2.45, 2.75) is 77.4 Å². The molecule has 0 radical (unpaired) electrons. The lowest BCUT2D eigenvalue weighted by Crippen LogP contribution is -2.53. The van der Waals surface area contributed by atoms with Gasteiger partial charge in [0.25, 0.3) is 10.0 Å². The van der Waals surface area contributed by atoms with Crippen LogP contribution >= 0.6 is 0 Å². The van der Waals surface area contributed by atoms with Crippen molar-refractivity contribution in [2.75, 3.05) is 18.0 Å². The van der Waals surface area contributed by atoms with Gasteiger partial charge in [0.1, 0.15) is 18.3 Å². The van der Waals surface area contributed by atoms with E-state index in [1.165, 1.54) is 4.90 Å². The van der Waals surface area contributed by atoms with Gasteiger partial charge >= 0.3 is 0 Å². The van der Waals surface area contributed by atoms with Crippen molar-refractivity contribution < 1.29 is 22.7 Å². The number of sulfonamides is 1. The van der Waals surface area contributed by atoms with Crippen molar-refractivity contribution in [1.82, 2.24) is 10.2 Å². The maximum absolute atomic E-state index is 14.2. The van der Waals surface area contributed by atoms with E-state index >= 15 is 0 Å². The van der Waals surface area contributed by atoms with E-state index in [1.54, 1.807) is 55.6 Å². The largest absolute Gasteiger partial charge is 0.497 e. The van der Waals surface area contributed by atoms with Crippen LogP contribution in [0.4, 0.5) is 5.69 Å². The molecule has 0 aliphatic rings. The quantitative estimate of drug-likeness (QED) is 0.276. The molecule has 9 heteroatoms. The number of methoxy groups -OCH3 is 1. The molecule has 1 atom stereocenters. The van der Waals surface area contributed by atoms with E-state index < -0.39 is 28.5 Å². The van der Waals surface area contributed by atoms with Gasteiger partial charge in [-0.1, -0.05) is 62.7 Å². The van der Waals surface area contributed by atoms with Crippen molar-refractivity contribution in [3.63, 3.8) is 0 Å². The van der Waals surface area contributed by atoms with E-state index in [-0.39, 0.29) is 29.3 Å². The van der Waals surface area contributed by atoms with E-state index in [0.29, 0.717) is 17.9 Å². The predicted molar refractivity (Wildman–Crippen MR) is 167 cm³/mol. The number of hydrogen-bond donors (Lipinski definition) is 1. The Bertz CT molecular complexity index is 1430. The van der Waals surface area contributed by atoms with Gasteiger partial charge in [-0.15, -0.1) is 0 Å². The van der Waals surface area contributed by atoms with Crippen LogP contribution < -0.4 is 14.4 Å². The number of benzene rings is 3. The molecule has 0 aliphatic carbocycles. The van der Waals surface area contributed by atoms with Crippen LogP contribution in [0, 0.1) is 6.92 Å². The van der Waals surface area contributed by atoms with Gasteiger partial charge in [-0.2, -0.15) is 0 Å². The molecule has 3 aromatic rings. The minimum Gasteiger partial charge on any atom is -0.497 e. The van der Waals surface area contributed by atoms with Gasteiger partial charge in [-0.05, 0) is 80.6 Å². The maximum Gasteiger partial charge on any atom is 0.264 e.